The predicted octanol–water partition coefficient (Wildman–Crippen LogP) is 2.60. The summed E-state index contributed by atoms with van der Waals surface area (Å²) in [5, 5.41) is 8.67. The number of carboxylic acids is 1. The van der Waals surface area contributed by atoms with Crippen molar-refractivity contribution in [1.82, 2.24) is 0 Å². The number of furan rings is 1. The molecule has 86 valence electrons. The predicted molar refractivity (Wildman–Crippen MR) is 56.4 cm³/mol. The van der Waals surface area contributed by atoms with E-state index in [0.29, 0.717) is 6.29 Å². The van der Waals surface area contributed by atoms with Gasteiger partial charge in [0.1, 0.15) is 17.9 Å². The van der Waals surface area contributed by atoms with E-state index in [9.17, 15) is 14.0 Å². The fourth-order valence-corrected chi connectivity index (χ4v) is 1.40. The smallest absolute Gasteiger partial charge is 0.371 e. The molecule has 1 heterocycles. The Kier molecular flexibility index (Phi) is 2.74. The SMILES string of the molecule is O=Cc1ccc(F)c(-c2ccc(C(=O)O)o2)c1. The van der Waals surface area contributed by atoms with Gasteiger partial charge >= 0.3 is 5.97 Å². The molecule has 0 unspecified atom stereocenters. The fraction of sp³-hybridized carbons (Fsp3) is 0. The van der Waals surface area contributed by atoms with E-state index >= 15 is 0 Å². The Bertz CT molecular complexity index is 586. The minimum Gasteiger partial charge on any atom is -0.475 e. The van der Waals surface area contributed by atoms with Gasteiger partial charge in [-0.05, 0) is 30.3 Å². The van der Waals surface area contributed by atoms with E-state index in [1.807, 2.05) is 0 Å². The van der Waals surface area contributed by atoms with Gasteiger partial charge in [-0.3, -0.25) is 4.79 Å². The first-order valence-corrected chi connectivity index (χ1v) is 4.70. The maximum absolute atomic E-state index is 13.5. The van der Waals surface area contributed by atoms with Crippen molar-refractivity contribution in [3.05, 3.63) is 47.5 Å². The summed E-state index contributed by atoms with van der Waals surface area (Å²) >= 11 is 0. The molecule has 5 heteroatoms. The van der Waals surface area contributed by atoms with Crippen LogP contribution in [0.1, 0.15) is 20.9 Å². The normalized spacial score (nSPS) is 10.2. The van der Waals surface area contributed by atoms with Crippen molar-refractivity contribution in [2.45, 2.75) is 0 Å². The Morgan fingerprint density at radius 3 is 2.65 bits per heavy atom. The van der Waals surface area contributed by atoms with Crippen LogP contribution in [0, 0.1) is 5.82 Å². The summed E-state index contributed by atoms with van der Waals surface area (Å²) in [5.74, 6) is -2.02. The summed E-state index contributed by atoms with van der Waals surface area (Å²) in [7, 11) is 0. The first-order chi connectivity index (χ1) is 8.11. The Labute approximate surface area is 95.3 Å². The van der Waals surface area contributed by atoms with Gasteiger partial charge in [-0.2, -0.15) is 0 Å². The summed E-state index contributed by atoms with van der Waals surface area (Å²) in [5.41, 5.74) is 0.344. The maximum atomic E-state index is 13.5. The number of carboxylic acid groups (broad SMARTS) is 1. The van der Waals surface area contributed by atoms with Crippen LogP contribution in [-0.2, 0) is 0 Å². The number of halogens is 1. The van der Waals surface area contributed by atoms with E-state index in [1.165, 1.54) is 24.3 Å². The second-order valence-electron chi connectivity index (χ2n) is 3.33. The molecule has 17 heavy (non-hydrogen) atoms. The number of rotatable bonds is 3. The molecule has 0 saturated carbocycles. The summed E-state index contributed by atoms with van der Waals surface area (Å²) < 4.78 is 18.4. The molecule has 0 atom stereocenters. The van der Waals surface area contributed by atoms with Crippen LogP contribution in [0.2, 0.25) is 0 Å². The fourth-order valence-electron chi connectivity index (χ4n) is 1.40. The maximum Gasteiger partial charge on any atom is 0.371 e. The lowest BCUT2D eigenvalue weighted by atomic mass is 10.1. The van der Waals surface area contributed by atoms with Gasteiger partial charge in [0.05, 0.1) is 5.56 Å². The Morgan fingerprint density at radius 2 is 2.06 bits per heavy atom. The van der Waals surface area contributed by atoms with Crippen LogP contribution in [0.3, 0.4) is 0 Å². The van der Waals surface area contributed by atoms with Crippen molar-refractivity contribution in [3.63, 3.8) is 0 Å². The van der Waals surface area contributed by atoms with Gasteiger partial charge in [0, 0.05) is 5.56 Å². The molecule has 4 nitrogen and oxygen atoms in total. The Balaban J connectivity index is 2.51. The zero-order valence-electron chi connectivity index (χ0n) is 8.51. The molecule has 2 aromatic rings. The summed E-state index contributed by atoms with van der Waals surface area (Å²) in [6.45, 7) is 0. The van der Waals surface area contributed by atoms with Crippen molar-refractivity contribution in [3.8, 4) is 11.3 Å². The van der Waals surface area contributed by atoms with Gasteiger partial charge in [0.2, 0.25) is 5.76 Å². The largest absolute Gasteiger partial charge is 0.475 e. The molecule has 0 spiro atoms. The van der Waals surface area contributed by atoms with Crippen molar-refractivity contribution >= 4 is 12.3 Å². The lowest BCUT2D eigenvalue weighted by Crippen LogP contribution is -1.92. The van der Waals surface area contributed by atoms with Gasteiger partial charge < -0.3 is 9.52 Å². The number of carbonyl (C=O) groups is 2. The molecular weight excluding hydrogens is 227 g/mol. The molecule has 1 aromatic heterocycles. The van der Waals surface area contributed by atoms with Gasteiger partial charge in [-0.25, -0.2) is 9.18 Å². The third-order valence-electron chi connectivity index (χ3n) is 2.21. The van der Waals surface area contributed by atoms with Crippen LogP contribution >= 0.6 is 0 Å². The quantitative estimate of drug-likeness (QED) is 0.829. The molecule has 0 aliphatic carbocycles. The molecule has 0 saturated heterocycles. The zero-order valence-corrected chi connectivity index (χ0v) is 8.51. The first-order valence-electron chi connectivity index (χ1n) is 4.70. The molecule has 1 aromatic carbocycles. The Morgan fingerprint density at radius 1 is 1.29 bits per heavy atom. The highest BCUT2D eigenvalue weighted by Gasteiger charge is 2.13. The summed E-state index contributed by atoms with van der Waals surface area (Å²) in [4.78, 5) is 21.2. The molecule has 0 aliphatic heterocycles. The van der Waals surface area contributed by atoms with Crippen LogP contribution in [0.15, 0.2) is 34.7 Å². The highest BCUT2D eigenvalue weighted by molar-refractivity contribution is 5.85. The molecule has 2 rings (SSSR count). The lowest BCUT2D eigenvalue weighted by Gasteiger charge is -2.00. The topological polar surface area (TPSA) is 67.5 Å². The average Bonchev–Trinajstić information content (AvgIpc) is 2.79. The van der Waals surface area contributed by atoms with Crippen LogP contribution in [-0.4, -0.2) is 17.4 Å². The summed E-state index contributed by atoms with van der Waals surface area (Å²) in [6, 6.07) is 6.32. The van der Waals surface area contributed by atoms with E-state index < -0.39 is 11.8 Å². The Hall–Kier alpha value is -2.43. The minimum absolute atomic E-state index is 0.0575. The van der Waals surface area contributed by atoms with Crippen molar-refractivity contribution < 1.29 is 23.5 Å². The zero-order chi connectivity index (χ0) is 12.4. The van der Waals surface area contributed by atoms with E-state index in [-0.39, 0.29) is 22.6 Å². The number of aromatic carboxylic acids is 1. The van der Waals surface area contributed by atoms with E-state index in [0.717, 1.165) is 6.07 Å². The van der Waals surface area contributed by atoms with Gasteiger partial charge in [-0.1, -0.05) is 0 Å². The number of aldehydes is 1. The van der Waals surface area contributed by atoms with Crippen LogP contribution in [0.4, 0.5) is 4.39 Å². The number of benzene rings is 1. The molecule has 0 bridgehead atoms. The highest BCUT2D eigenvalue weighted by atomic mass is 19.1. The molecular formula is C12H7FO4. The lowest BCUT2D eigenvalue weighted by molar-refractivity contribution is 0.0663. The highest BCUT2D eigenvalue weighted by Crippen LogP contribution is 2.25. The minimum atomic E-state index is -1.23. The standard InChI is InChI=1S/C12H7FO4/c13-9-2-1-7(6-14)5-8(9)10-3-4-11(17-10)12(15)16/h1-6H,(H,15,16). The first kappa shape index (κ1) is 11.1. The van der Waals surface area contributed by atoms with Crippen LogP contribution in [0.25, 0.3) is 11.3 Å². The van der Waals surface area contributed by atoms with Gasteiger partial charge in [0.15, 0.2) is 0 Å². The van der Waals surface area contributed by atoms with Crippen molar-refractivity contribution in [2.75, 3.05) is 0 Å². The number of hydrogen-bond acceptors (Lipinski definition) is 3. The molecule has 0 radical (unpaired) electrons. The van der Waals surface area contributed by atoms with E-state index in [1.54, 1.807) is 0 Å². The second kappa shape index (κ2) is 4.21. The molecule has 1 N–H and O–H groups in total. The number of hydrogen-bond donors (Lipinski definition) is 1. The number of carbonyl (C=O) groups excluding carboxylic acids is 1. The average molecular weight is 234 g/mol. The monoisotopic (exact) mass is 234 g/mol. The second-order valence-corrected chi connectivity index (χ2v) is 3.33. The third kappa shape index (κ3) is 2.08. The van der Waals surface area contributed by atoms with E-state index in [2.05, 4.69) is 0 Å². The van der Waals surface area contributed by atoms with Gasteiger partial charge in [-0.15, -0.1) is 0 Å². The van der Waals surface area contributed by atoms with Crippen LogP contribution in [0.5, 0.6) is 0 Å². The van der Waals surface area contributed by atoms with E-state index in [4.69, 9.17) is 9.52 Å². The van der Waals surface area contributed by atoms with Gasteiger partial charge in [0.25, 0.3) is 0 Å². The third-order valence-corrected chi connectivity index (χ3v) is 2.21. The summed E-state index contributed by atoms with van der Waals surface area (Å²) in [6.07, 6.45) is 0.573. The van der Waals surface area contributed by atoms with Crippen LogP contribution < -0.4 is 0 Å². The van der Waals surface area contributed by atoms with Crippen molar-refractivity contribution in [1.29, 1.82) is 0 Å². The van der Waals surface area contributed by atoms with Crippen molar-refractivity contribution in [2.24, 2.45) is 0 Å². The molecule has 0 aliphatic rings. The molecule has 0 amide bonds. The molecule has 0 fully saturated rings.